The summed E-state index contributed by atoms with van der Waals surface area (Å²) in [6.07, 6.45) is 5.88. The Balaban J connectivity index is 1.53. The van der Waals surface area contributed by atoms with E-state index in [1.54, 1.807) is 37.2 Å². The second-order valence-electron chi connectivity index (χ2n) is 10.0. The quantitative estimate of drug-likeness (QED) is 0.372. The van der Waals surface area contributed by atoms with Crippen LogP contribution in [0.25, 0.3) is 0 Å². The molecule has 0 radical (unpaired) electrons. The number of halogens is 1. The average molecular weight is 530 g/mol. The minimum atomic E-state index is -0.732. The number of rotatable bonds is 9. The van der Waals surface area contributed by atoms with Crippen molar-refractivity contribution in [2.24, 2.45) is 7.05 Å². The van der Waals surface area contributed by atoms with Crippen LogP contribution >= 0.6 is 0 Å². The maximum Gasteiger partial charge on any atom is 0.246 e. The Bertz CT molecular complexity index is 1130. The van der Waals surface area contributed by atoms with Crippen molar-refractivity contribution in [1.82, 2.24) is 35.8 Å². The highest BCUT2D eigenvalue weighted by Crippen LogP contribution is 2.32. The van der Waals surface area contributed by atoms with Gasteiger partial charge >= 0.3 is 0 Å². The van der Waals surface area contributed by atoms with Crippen LogP contribution in [0.15, 0.2) is 30.5 Å². The molecular formula is C26H36FN7O4. The molecular weight excluding hydrogens is 493 g/mol. The van der Waals surface area contributed by atoms with Crippen LogP contribution in [0.5, 0.6) is 0 Å². The highest BCUT2D eigenvalue weighted by molar-refractivity contribution is 5.94. The number of benzene rings is 1. The van der Waals surface area contributed by atoms with Crippen molar-refractivity contribution < 1.29 is 23.9 Å². The monoisotopic (exact) mass is 529 g/mol. The van der Waals surface area contributed by atoms with Crippen molar-refractivity contribution in [2.45, 2.75) is 75.7 Å². The molecule has 4 rings (SSSR count). The number of aliphatic hydroxyl groups excluding tert-OH is 1. The van der Waals surface area contributed by atoms with Gasteiger partial charge in [0.1, 0.15) is 23.6 Å². The number of aryl methyl sites for hydroxylation is 1. The number of carbonyl (C=O) groups excluding carboxylic acids is 3. The number of aliphatic hydroxyl groups is 1. The zero-order valence-corrected chi connectivity index (χ0v) is 21.8. The third kappa shape index (κ3) is 6.36. The van der Waals surface area contributed by atoms with Gasteiger partial charge in [0.15, 0.2) is 0 Å². The Hall–Kier alpha value is -3.38. The van der Waals surface area contributed by atoms with Gasteiger partial charge in [-0.2, -0.15) is 0 Å². The number of amides is 3. The van der Waals surface area contributed by atoms with Crippen LogP contribution in [0, 0.1) is 5.82 Å². The molecule has 0 saturated carbocycles. The molecule has 12 heteroatoms. The molecule has 5 atom stereocenters. The van der Waals surface area contributed by atoms with Gasteiger partial charge in [-0.1, -0.05) is 30.2 Å². The van der Waals surface area contributed by atoms with Crippen molar-refractivity contribution in [1.29, 1.82) is 0 Å². The zero-order valence-electron chi connectivity index (χ0n) is 21.8. The van der Waals surface area contributed by atoms with Gasteiger partial charge in [0.05, 0.1) is 24.9 Å². The van der Waals surface area contributed by atoms with Crippen molar-refractivity contribution in [3.05, 3.63) is 47.5 Å². The largest absolute Gasteiger partial charge is 0.395 e. The van der Waals surface area contributed by atoms with Gasteiger partial charge in [0, 0.05) is 19.6 Å². The Kier molecular flexibility index (Phi) is 9.05. The standard InChI is InChI=1S/C26H36FN7O4/c1-16(28-13-14-35)24(36)29-20-6-4-3-5-19-11-12-22(34(19)26(20)38)25(37)30-23(21-15-33(2)32-31-21)17-7-9-18(27)10-8-17/h7-10,15-16,19-20,22-23,28,35H,3-6,11-14H2,1-2H3,(H,29,36)(H,30,37)/t16-,19-,20-,22-,23-/m0/s1. The number of nitrogens with one attached hydrogen (secondary N) is 3. The molecule has 2 aromatic rings. The number of hydrogen-bond acceptors (Lipinski definition) is 7. The van der Waals surface area contributed by atoms with Crippen LogP contribution in [0.4, 0.5) is 4.39 Å². The molecule has 38 heavy (non-hydrogen) atoms. The van der Waals surface area contributed by atoms with Crippen molar-refractivity contribution in [3.8, 4) is 0 Å². The van der Waals surface area contributed by atoms with Gasteiger partial charge in [-0.05, 0) is 50.3 Å². The fourth-order valence-electron chi connectivity index (χ4n) is 5.31. The van der Waals surface area contributed by atoms with Gasteiger partial charge in [0.25, 0.3) is 0 Å². The van der Waals surface area contributed by atoms with E-state index in [1.807, 2.05) is 0 Å². The number of carbonyl (C=O) groups is 3. The number of aromatic nitrogens is 3. The molecule has 0 spiro atoms. The van der Waals surface area contributed by atoms with Crippen LogP contribution in [-0.2, 0) is 21.4 Å². The minimum Gasteiger partial charge on any atom is -0.395 e. The second kappa shape index (κ2) is 12.4. The van der Waals surface area contributed by atoms with Crippen molar-refractivity contribution >= 4 is 17.7 Å². The average Bonchev–Trinajstić information content (AvgIpc) is 3.52. The summed E-state index contributed by atoms with van der Waals surface area (Å²) in [5.74, 6) is -1.30. The van der Waals surface area contributed by atoms with Crippen LogP contribution in [0.1, 0.15) is 62.7 Å². The van der Waals surface area contributed by atoms with E-state index in [0.717, 1.165) is 19.3 Å². The van der Waals surface area contributed by atoms with Crippen molar-refractivity contribution in [3.63, 3.8) is 0 Å². The summed E-state index contributed by atoms with van der Waals surface area (Å²) in [5, 5.41) is 25.9. The van der Waals surface area contributed by atoms with E-state index in [-0.39, 0.29) is 36.9 Å². The van der Waals surface area contributed by atoms with E-state index in [4.69, 9.17) is 5.11 Å². The SMILES string of the molecule is C[C@H](NCCO)C(=O)N[C@H]1CCCC[C@H]2CC[C@@H](C(=O)N[C@@H](c3ccc(F)cc3)c3cn(C)nn3)N2C1=O. The van der Waals surface area contributed by atoms with Crippen LogP contribution in [-0.4, -0.2) is 80.0 Å². The lowest BCUT2D eigenvalue weighted by atomic mass is 9.98. The fraction of sp³-hybridized carbons (Fsp3) is 0.577. The van der Waals surface area contributed by atoms with E-state index >= 15 is 0 Å². The molecule has 2 aliphatic rings. The normalized spacial score (nSPS) is 23.2. The smallest absolute Gasteiger partial charge is 0.246 e. The molecule has 1 aromatic heterocycles. The van der Waals surface area contributed by atoms with Crippen LogP contribution < -0.4 is 16.0 Å². The Morgan fingerprint density at radius 1 is 1.16 bits per heavy atom. The van der Waals surface area contributed by atoms with Crippen LogP contribution in [0.3, 0.4) is 0 Å². The molecule has 206 valence electrons. The summed E-state index contributed by atoms with van der Waals surface area (Å²) < 4.78 is 15.1. The molecule has 3 amide bonds. The second-order valence-corrected chi connectivity index (χ2v) is 10.0. The van der Waals surface area contributed by atoms with E-state index in [0.29, 0.717) is 30.5 Å². The molecule has 11 nitrogen and oxygen atoms in total. The first-order valence-electron chi connectivity index (χ1n) is 13.2. The maximum absolute atomic E-state index is 13.7. The Labute approximate surface area is 221 Å². The molecule has 2 fully saturated rings. The van der Waals surface area contributed by atoms with Crippen molar-refractivity contribution in [2.75, 3.05) is 13.2 Å². The van der Waals surface area contributed by atoms with Gasteiger partial charge in [-0.25, -0.2) is 4.39 Å². The highest BCUT2D eigenvalue weighted by Gasteiger charge is 2.44. The van der Waals surface area contributed by atoms with E-state index < -0.39 is 30.0 Å². The predicted molar refractivity (Wildman–Crippen MR) is 136 cm³/mol. The Morgan fingerprint density at radius 3 is 2.58 bits per heavy atom. The summed E-state index contributed by atoms with van der Waals surface area (Å²) in [6, 6.07) is 3.07. The lowest BCUT2D eigenvalue weighted by molar-refractivity contribution is -0.144. The number of fused-ring (bicyclic) bond motifs is 1. The molecule has 4 N–H and O–H groups in total. The lowest BCUT2D eigenvalue weighted by Crippen LogP contribution is -2.58. The van der Waals surface area contributed by atoms with Crippen LogP contribution in [0.2, 0.25) is 0 Å². The molecule has 0 aliphatic carbocycles. The highest BCUT2D eigenvalue weighted by atomic mass is 19.1. The third-order valence-electron chi connectivity index (χ3n) is 7.32. The molecule has 0 bridgehead atoms. The van der Waals surface area contributed by atoms with E-state index in [9.17, 15) is 18.8 Å². The first-order valence-corrected chi connectivity index (χ1v) is 13.2. The van der Waals surface area contributed by atoms with Gasteiger partial charge in [-0.15, -0.1) is 5.10 Å². The van der Waals surface area contributed by atoms with E-state index in [2.05, 4.69) is 26.3 Å². The first kappa shape index (κ1) is 27.6. The van der Waals surface area contributed by atoms with Gasteiger partial charge in [0.2, 0.25) is 17.7 Å². The number of hydrogen-bond donors (Lipinski definition) is 4. The van der Waals surface area contributed by atoms with Gasteiger partial charge < -0.3 is 26.0 Å². The molecule has 0 unspecified atom stereocenters. The summed E-state index contributed by atoms with van der Waals surface area (Å²) >= 11 is 0. The fourth-order valence-corrected chi connectivity index (χ4v) is 5.31. The summed E-state index contributed by atoms with van der Waals surface area (Å²) in [4.78, 5) is 41.8. The molecule has 3 heterocycles. The molecule has 2 aliphatic heterocycles. The first-order chi connectivity index (χ1) is 18.3. The zero-order chi connectivity index (χ0) is 27.2. The lowest BCUT2D eigenvalue weighted by Gasteiger charge is -2.36. The van der Waals surface area contributed by atoms with Gasteiger partial charge in [-0.3, -0.25) is 19.1 Å². The Morgan fingerprint density at radius 2 is 1.89 bits per heavy atom. The molecule has 1 aromatic carbocycles. The summed E-state index contributed by atoms with van der Waals surface area (Å²) in [5.41, 5.74) is 1.14. The number of nitrogens with zero attached hydrogens (tertiary/aromatic N) is 4. The summed E-state index contributed by atoms with van der Waals surface area (Å²) in [7, 11) is 1.72. The van der Waals surface area contributed by atoms with E-state index in [1.165, 1.54) is 16.8 Å². The third-order valence-corrected chi connectivity index (χ3v) is 7.32. The maximum atomic E-state index is 13.7. The minimum absolute atomic E-state index is 0.0799. The predicted octanol–water partition coefficient (Wildman–Crippen LogP) is 0.549. The topological polar surface area (TPSA) is 141 Å². The summed E-state index contributed by atoms with van der Waals surface area (Å²) in [6.45, 7) is 1.85. The molecule has 2 saturated heterocycles.